The quantitative estimate of drug-likeness (QED) is 0.184. The topological polar surface area (TPSA) is 22.6 Å². The minimum Gasteiger partial charge on any atom is -0.309 e. The third kappa shape index (κ3) is 3.88. The Kier molecular flexibility index (Phi) is 5.87. The van der Waals surface area contributed by atoms with Gasteiger partial charge in [0.15, 0.2) is 0 Å². The van der Waals surface area contributed by atoms with E-state index < -0.39 is 0 Å². The molecular weight excluding hydrogens is 591 g/mol. The van der Waals surface area contributed by atoms with Crippen LogP contribution in [0.5, 0.6) is 0 Å². The third-order valence-corrected chi connectivity index (χ3v) is 10.6. The molecule has 0 atom stereocenters. The molecule has 0 fully saturated rings. The summed E-state index contributed by atoms with van der Waals surface area (Å²) in [5.41, 5.74) is 14.4. The van der Waals surface area contributed by atoms with Crippen molar-refractivity contribution >= 4 is 86.0 Å². The number of hydrogen-bond donors (Lipinski definition) is 0. The lowest BCUT2D eigenvalue weighted by Crippen LogP contribution is -2.60. The maximum absolute atomic E-state index is 4.39. The van der Waals surface area contributed by atoms with Crippen LogP contribution in [0.15, 0.2) is 174 Å². The van der Waals surface area contributed by atoms with Crippen LogP contribution in [0.2, 0.25) is 0 Å². The lowest BCUT2D eigenvalue weighted by molar-refractivity contribution is 1.14. The number of anilines is 9. The number of pyridine rings is 1. The number of benzene rings is 6. The molecule has 6 aromatic carbocycles. The number of hydrogen-bond acceptors (Lipinski definition) is 5. The molecule has 0 amide bonds. The number of fused-ring (bicyclic) bond motifs is 7. The smallest absolute Gasteiger partial charge is 0.249 e. The summed E-state index contributed by atoms with van der Waals surface area (Å²) in [6, 6.07) is 55.0. The number of aromatic nitrogens is 1. The predicted octanol–water partition coefficient (Wildman–Crippen LogP) is 9.10. The molecule has 47 heavy (non-hydrogen) atoms. The molecule has 4 heterocycles. The van der Waals surface area contributed by atoms with Crippen LogP contribution in [0.25, 0.3) is 0 Å². The van der Waals surface area contributed by atoms with Gasteiger partial charge in [-0.05, 0) is 77.7 Å². The Morgan fingerprint density at radius 3 is 1.66 bits per heavy atom. The molecule has 0 aliphatic carbocycles. The zero-order chi connectivity index (χ0) is 30.9. The van der Waals surface area contributed by atoms with Crippen molar-refractivity contribution < 1.29 is 0 Å². The Morgan fingerprint density at radius 2 is 0.957 bits per heavy atom. The molecule has 3 aliphatic rings. The molecular formula is C41H27BN4S. The Hall–Kier alpha value is -5.72. The minimum atomic E-state index is 0.100. The van der Waals surface area contributed by atoms with Crippen LogP contribution in [0.4, 0.5) is 51.2 Å². The first kappa shape index (κ1) is 26.5. The fourth-order valence-electron chi connectivity index (χ4n) is 7.64. The van der Waals surface area contributed by atoms with Crippen LogP contribution in [0.3, 0.4) is 0 Å². The average Bonchev–Trinajstić information content (AvgIpc) is 3.14. The van der Waals surface area contributed by atoms with Crippen LogP contribution in [0, 0.1) is 0 Å². The zero-order valence-corrected chi connectivity index (χ0v) is 26.2. The zero-order valence-electron chi connectivity index (χ0n) is 25.4. The summed E-state index contributed by atoms with van der Waals surface area (Å²) >= 11 is 1.89. The summed E-state index contributed by atoms with van der Waals surface area (Å²) in [6.07, 6.45) is 3.77. The molecule has 0 unspecified atom stereocenters. The van der Waals surface area contributed by atoms with E-state index >= 15 is 0 Å². The van der Waals surface area contributed by atoms with E-state index in [0.29, 0.717) is 0 Å². The summed E-state index contributed by atoms with van der Waals surface area (Å²) in [5.74, 6) is 0. The van der Waals surface area contributed by atoms with E-state index in [2.05, 4.69) is 171 Å². The van der Waals surface area contributed by atoms with Gasteiger partial charge in [0.1, 0.15) is 0 Å². The molecule has 1 aromatic heterocycles. The normalized spacial score (nSPS) is 13.7. The second-order valence-electron chi connectivity index (χ2n) is 12.0. The highest BCUT2D eigenvalue weighted by atomic mass is 32.2. The fourth-order valence-corrected chi connectivity index (χ4v) is 8.82. The fraction of sp³-hybridized carbons (Fsp3) is 0. The van der Waals surface area contributed by atoms with Gasteiger partial charge in [-0.3, -0.25) is 4.98 Å². The summed E-state index contributed by atoms with van der Waals surface area (Å²) in [4.78, 5) is 14.4. The first-order valence-electron chi connectivity index (χ1n) is 15.9. The predicted molar refractivity (Wildman–Crippen MR) is 197 cm³/mol. The van der Waals surface area contributed by atoms with Crippen molar-refractivity contribution in [3.63, 3.8) is 0 Å². The molecule has 7 aromatic rings. The van der Waals surface area contributed by atoms with Crippen molar-refractivity contribution in [2.45, 2.75) is 9.79 Å². The molecule has 10 rings (SSSR count). The number of nitrogens with zero attached hydrogens (tertiary/aromatic N) is 4. The van der Waals surface area contributed by atoms with Crippen molar-refractivity contribution in [1.82, 2.24) is 4.98 Å². The maximum Gasteiger partial charge on any atom is 0.249 e. The van der Waals surface area contributed by atoms with Crippen molar-refractivity contribution in [1.29, 1.82) is 0 Å². The van der Waals surface area contributed by atoms with Gasteiger partial charge in [-0.15, -0.1) is 0 Å². The van der Waals surface area contributed by atoms with Crippen molar-refractivity contribution in [2.75, 3.05) is 14.7 Å². The van der Waals surface area contributed by atoms with Crippen molar-refractivity contribution in [3.05, 3.63) is 164 Å². The van der Waals surface area contributed by atoms with Gasteiger partial charge in [0, 0.05) is 44.9 Å². The molecule has 0 radical (unpaired) electrons. The van der Waals surface area contributed by atoms with E-state index in [9.17, 15) is 0 Å². The highest BCUT2D eigenvalue weighted by molar-refractivity contribution is 8.00. The minimum absolute atomic E-state index is 0.100. The van der Waals surface area contributed by atoms with Gasteiger partial charge in [0.2, 0.25) is 6.71 Å². The van der Waals surface area contributed by atoms with Crippen LogP contribution in [-0.4, -0.2) is 11.7 Å². The average molecular weight is 619 g/mol. The SMILES string of the molecule is c1ccc(N2c3ccccc3N(c3ccncc3)c3cc4c5c(c32)N(c2ccccc2)c2ccccc2B5c2ccccc2S4)cc1. The van der Waals surface area contributed by atoms with E-state index in [1.54, 1.807) is 0 Å². The van der Waals surface area contributed by atoms with Crippen LogP contribution >= 0.6 is 11.8 Å². The Morgan fingerprint density at radius 1 is 0.426 bits per heavy atom. The van der Waals surface area contributed by atoms with E-state index in [1.165, 1.54) is 37.6 Å². The molecule has 220 valence electrons. The van der Waals surface area contributed by atoms with Gasteiger partial charge in [-0.1, -0.05) is 102 Å². The lowest BCUT2D eigenvalue weighted by atomic mass is 9.34. The molecule has 0 spiro atoms. The van der Waals surface area contributed by atoms with Gasteiger partial charge < -0.3 is 14.7 Å². The Labute approximate surface area is 278 Å². The number of para-hydroxylation sites is 5. The van der Waals surface area contributed by atoms with Gasteiger partial charge >= 0.3 is 0 Å². The van der Waals surface area contributed by atoms with E-state index in [-0.39, 0.29) is 6.71 Å². The van der Waals surface area contributed by atoms with Crippen LogP contribution in [0.1, 0.15) is 0 Å². The monoisotopic (exact) mass is 618 g/mol. The summed E-state index contributed by atoms with van der Waals surface area (Å²) in [7, 11) is 0. The molecule has 0 saturated heterocycles. The molecule has 0 bridgehead atoms. The van der Waals surface area contributed by atoms with Crippen LogP contribution in [-0.2, 0) is 0 Å². The van der Waals surface area contributed by atoms with Crippen molar-refractivity contribution in [2.24, 2.45) is 0 Å². The highest BCUT2D eigenvalue weighted by Crippen LogP contribution is 2.60. The first-order chi connectivity index (χ1) is 23.4. The second kappa shape index (κ2) is 10.4. The Balaban J connectivity index is 1.39. The standard InChI is InChI=1S/C41H27BN4S/c1-3-13-28(14-4-1)45-33-19-9-7-17-31(33)42-32-18-8-12-22-37(32)47-38-27-36-40(41(45)39(38)42)46(29-15-5-2-6-16-29)35-21-11-10-20-34(35)44(36)30-23-25-43-26-24-30/h1-27H. The van der Waals surface area contributed by atoms with Crippen LogP contribution < -0.4 is 31.1 Å². The summed E-state index contributed by atoms with van der Waals surface area (Å²) < 4.78 is 0. The molecule has 0 N–H and O–H groups in total. The maximum atomic E-state index is 4.39. The highest BCUT2D eigenvalue weighted by Gasteiger charge is 2.45. The summed E-state index contributed by atoms with van der Waals surface area (Å²) in [5, 5.41) is 0. The first-order valence-corrected chi connectivity index (χ1v) is 16.7. The molecule has 3 aliphatic heterocycles. The Bertz CT molecular complexity index is 2310. The van der Waals surface area contributed by atoms with E-state index in [4.69, 9.17) is 0 Å². The number of rotatable bonds is 3. The second-order valence-corrected chi connectivity index (χ2v) is 13.1. The van der Waals surface area contributed by atoms with Gasteiger partial charge in [0.25, 0.3) is 0 Å². The molecule has 6 heteroatoms. The van der Waals surface area contributed by atoms with Gasteiger partial charge in [-0.25, -0.2) is 0 Å². The summed E-state index contributed by atoms with van der Waals surface area (Å²) in [6.45, 7) is 0.100. The largest absolute Gasteiger partial charge is 0.309 e. The lowest BCUT2D eigenvalue weighted by Gasteiger charge is -2.47. The van der Waals surface area contributed by atoms with Gasteiger partial charge in [0.05, 0.1) is 28.4 Å². The molecule has 0 saturated carbocycles. The van der Waals surface area contributed by atoms with E-state index in [0.717, 1.165) is 39.8 Å². The van der Waals surface area contributed by atoms with Crippen molar-refractivity contribution in [3.8, 4) is 0 Å². The molecule has 4 nitrogen and oxygen atoms in total. The third-order valence-electron chi connectivity index (χ3n) is 9.48. The van der Waals surface area contributed by atoms with Gasteiger partial charge in [-0.2, -0.15) is 0 Å². The van der Waals surface area contributed by atoms with E-state index in [1.807, 2.05) is 24.2 Å².